The van der Waals surface area contributed by atoms with Crippen LogP contribution in [0.3, 0.4) is 0 Å². The van der Waals surface area contributed by atoms with Crippen LogP contribution in [-0.4, -0.2) is 65.7 Å². The number of amides is 2. The van der Waals surface area contributed by atoms with Gasteiger partial charge in [-0.15, -0.1) is 0 Å². The SMILES string of the molecule is O=C(Cc1noc2ccccc12)N1CCN(C(=O)C2CCCO2)CC1. The van der Waals surface area contributed by atoms with Gasteiger partial charge in [-0.1, -0.05) is 17.3 Å². The van der Waals surface area contributed by atoms with Gasteiger partial charge in [0.15, 0.2) is 5.58 Å². The number of carbonyl (C=O) groups is 2. The van der Waals surface area contributed by atoms with Crippen molar-refractivity contribution in [3.8, 4) is 0 Å². The number of rotatable bonds is 3. The Morgan fingerprint density at radius 1 is 1.12 bits per heavy atom. The van der Waals surface area contributed by atoms with Gasteiger partial charge in [-0.05, 0) is 25.0 Å². The highest BCUT2D eigenvalue weighted by atomic mass is 16.5. The lowest BCUT2D eigenvalue weighted by Gasteiger charge is -2.35. The third kappa shape index (κ3) is 3.24. The molecule has 0 spiro atoms. The van der Waals surface area contributed by atoms with Gasteiger partial charge in [-0.3, -0.25) is 9.59 Å². The number of carbonyl (C=O) groups excluding carboxylic acids is 2. The fourth-order valence-electron chi connectivity index (χ4n) is 3.47. The Labute approximate surface area is 145 Å². The first kappa shape index (κ1) is 16.1. The van der Waals surface area contributed by atoms with Gasteiger partial charge in [-0.2, -0.15) is 0 Å². The standard InChI is InChI=1S/C18H21N3O4/c22-17(12-14-13-4-1-2-5-15(13)25-19-14)20-7-9-21(10-8-20)18(23)16-6-3-11-24-16/h1-2,4-5,16H,3,6-12H2. The summed E-state index contributed by atoms with van der Waals surface area (Å²) in [6.45, 7) is 2.88. The Morgan fingerprint density at radius 2 is 1.88 bits per heavy atom. The van der Waals surface area contributed by atoms with Crippen LogP contribution in [0.25, 0.3) is 11.0 Å². The largest absolute Gasteiger partial charge is 0.368 e. The molecule has 0 N–H and O–H groups in total. The van der Waals surface area contributed by atoms with Crippen LogP contribution < -0.4 is 0 Å². The van der Waals surface area contributed by atoms with E-state index in [4.69, 9.17) is 9.26 Å². The summed E-state index contributed by atoms with van der Waals surface area (Å²) in [4.78, 5) is 28.5. The summed E-state index contributed by atoms with van der Waals surface area (Å²) in [5.74, 6) is 0.0790. The summed E-state index contributed by atoms with van der Waals surface area (Å²) in [6, 6.07) is 7.53. The van der Waals surface area contributed by atoms with E-state index in [-0.39, 0.29) is 24.3 Å². The van der Waals surface area contributed by atoms with Crippen LogP contribution >= 0.6 is 0 Å². The molecule has 0 aliphatic carbocycles. The minimum absolute atomic E-state index is 0.0169. The lowest BCUT2D eigenvalue weighted by Crippen LogP contribution is -2.53. The number of hydrogen-bond donors (Lipinski definition) is 0. The normalized spacial score (nSPS) is 21.0. The number of fused-ring (bicyclic) bond motifs is 1. The van der Waals surface area contributed by atoms with E-state index in [2.05, 4.69) is 5.16 Å². The van der Waals surface area contributed by atoms with E-state index >= 15 is 0 Å². The van der Waals surface area contributed by atoms with Crippen LogP contribution in [0.15, 0.2) is 28.8 Å². The van der Waals surface area contributed by atoms with Gasteiger partial charge >= 0.3 is 0 Å². The molecular weight excluding hydrogens is 322 g/mol. The molecule has 2 aliphatic heterocycles. The first-order chi connectivity index (χ1) is 12.2. The average molecular weight is 343 g/mol. The van der Waals surface area contributed by atoms with Gasteiger partial charge in [0, 0.05) is 38.2 Å². The molecule has 0 bridgehead atoms. The maximum atomic E-state index is 12.6. The maximum Gasteiger partial charge on any atom is 0.251 e. The molecule has 2 aliphatic rings. The molecule has 1 aromatic heterocycles. The van der Waals surface area contributed by atoms with E-state index in [9.17, 15) is 9.59 Å². The molecule has 7 nitrogen and oxygen atoms in total. The molecule has 2 fully saturated rings. The molecule has 25 heavy (non-hydrogen) atoms. The van der Waals surface area contributed by atoms with Gasteiger partial charge in [0.05, 0.1) is 6.42 Å². The quantitative estimate of drug-likeness (QED) is 0.838. The minimum Gasteiger partial charge on any atom is -0.368 e. The molecule has 2 amide bonds. The van der Waals surface area contributed by atoms with E-state index in [1.54, 1.807) is 4.90 Å². The zero-order chi connectivity index (χ0) is 17.2. The molecule has 4 rings (SSSR count). The van der Waals surface area contributed by atoms with Crippen molar-refractivity contribution < 1.29 is 18.8 Å². The number of piperazine rings is 1. The van der Waals surface area contributed by atoms with Crippen LogP contribution in [0, 0.1) is 0 Å². The topological polar surface area (TPSA) is 75.9 Å². The summed E-state index contributed by atoms with van der Waals surface area (Å²) in [7, 11) is 0. The molecule has 1 aromatic carbocycles. The Morgan fingerprint density at radius 3 is 2.64 bits per heavy atom. The van der Waals surface area contributed by atoms with Crippen molar-refractivity contribution in [2.45, 2.75) is 25.4 Å². The van der Waals surface area contributed by atoms with Gasteiger partial charge in [0.1, 0.15) is 11.8 Å². The molecule has 0 saturated carbocycles. The Kier molecular flexibility index (Phi) is 4.40. The Bertz CT molecular complexity index is 773. The molecule has 2 saturated heterocycles. The summed E-state index contributed by atoms with van der Waals surface area (Å²) in [5, 5.41) is 4.90. The van der Waals surface area contributed by atoms with Crippen molar-refractivity contribution in [2.75, 3.05) is 32.8 Å². The third-order valence-electron chi connectivity index (χ3n) is 4.92. The van der Waals surface area contributed by atoms with E-state index in [0.717, 1.165) is 18.2 Å². The fraction of sp³-hybridized carbons (Fsp3) is 0.500. The number of nitrogens with zero attached hydrogens (tertiary/aromatic N) is 3. The summed E-state index contributed by atoms with van der Waals surface area (Å²) in [6.07, 6.45) is 1.68. The van der Waals surface area contributed by atoms with Crippen LogP contribution in [-0.2, 0) is 20.7 Å². The van der Waals surface area contributed by atoms with Gasteiger partial charge in [-0.25, -0.2) is 0 Å². The molecule has 3 heterocycles. The fourth-order valence-corrected chi connectivity index (χ4v) is 3.47. The third-order valence-corrected chi connectivity index (χ3v) is 4.92. The van der Waals surface area contributed by atoms with Crippen molar-refractivity contribution in [2.24, 2.45) is 0 Å². The maximum absolute atomic E-state index is 12.6. The van der Waals surface area contributed by atoms with E-state index in [0.29, 0.717) is 44.1 Å². The van der Waals surface area contributed by atoms with E-state index < -0.39 is 0 Å². The molecule has 0 radical (unpaired) electrons. The second-order valence-corrected chi connectivity index (χ2v) is 6.51. The van der Waals surface area contributed by atoms with Gasteiger partial charge in [0.25, 0.3) is 5.91 Å². The van der Waals surface area contributed by atoms with Gasteiger partial charge in [0.2, 0.25) is 5.91 Å². The minimum atomic E-state index is -0.288. The van der Waals surface area contributed by atoms with Crippen LogP contribution in [0.2, 0.25) is 0 Å². The van der Waals surface area contributed by atoms with Crippen LogP contribution in [0.5, 0.6) is 0 Å². The number of benzene rings is 1. The zero-order valence-electron chi connectivity index (χ0n) is 14.0. The van der Waals surface area contributed by atoms with Crippen LogP contribution in [0.1, 0.15) is 18.5 Å². The van der Waals surface area contributed by atoms with Crippen molar-refractivity contribution >= 4 is 22.8 Å². The molecule has 2 aromatic rings. The van der Waals surface area contributed by atoms with E-state index in [1.807, 2.05) is 29.2 Å². The highest BCUT2D eigenvalue weighted by Gasteiger charge is 2.31. The predicted molar refractivity (Wildman–Crippen MR) is 89.8 cm³/mol. The van der Waals surface area contributed by atoms with Crippen molar-refractivity contribution in [3.05, 3.63) is 30.0 Å². The highest BCUT2D eigenvalue weighted by molar-refractivity contribution is 5.86. The zero-order valence-corrected chi connectivity index (χ0v) is 14.0. The first-order valence-electron chi connectivity index (χ1n) is 8.74. The first-order valence-corrected chi connectivity index (χ1v) is 8.74. The molecule has 1 unspecified atom stereocenters. The number of aromatic nitrogens is 1. The highest BCUT2D eigenvalue weighted by Crippen LogP contribution is 2.20. The average Bonchev–Trinajstić information content (AvgIpc) is 3.32. The molecular formula is C18H21N3O4. The van der Waals surface area contributed by atoms with Crippen LogP contribution in [0.4, 0.5) is 0 Å². The lowest BCUT2D eigenvalue weighted by atomic mass is 10.1. The Balaban J connectivity index is 1.34. The van der Waals surface area contributed by atoms with Gasteiger partial charge < -0.3 is 19.1 Å². The summed E-state index contributed by atoms with van der Waals surface area (Å²) in [5.41, 5.74) is 1.36. The predicted octanol–water partition coefficient (Wildman–Crippen LogP) is 1.22. The lowest BCUT2D eigenvalue weighted by molar-refractivity contribution is -0.145. The Hall–Kier alpha value is -2.41. The summed E-state index contributed by atoms with van der Waals surface area (Å²) < 4.78 is 10.7. The molecule has 7 heteroatoms. The molecule has 132 valence electrons. The number of hydrogen-bond acceptors (Lipinski definition) is 5. The monoisotopic (exact) mass is 343 g/mol. The summed E-state index contributed by atoms with van der Waals surface area (Å²) >= 11 is 0. The van der Waals surface area contributed by atoms with Crippen molar-refractivity contribution in [3.63, 3.8) is 0 Å². The van der Waals surface area contributed by atoms with E-state index in [1.165, 1.54) is 0 Å². The number of ether oxygens (including phenoxy) is 1. The van der Waals surface area contributed by atoms with Crippen molar-refractivity contribution in [1.29, 1.82) is 0 Å². The van der Waals surface area contributed by atoms with Crippen molar-refractivity contribution in [1.82, 2.24) is 15.0 Å². The number of para-hydroxylation sites is 1. The molecule has 1 atom stereocenters. The second-order valence-electron chi connectivity index (χ2n) is 6.51. The smallest absolute Gasteiger partial charge is 0.251 e. The second kappa shape index (κ2) is 6.84.